The molecular formula is C36H35N11O8. The molecule has 0 bridgehead atoms. The van der Waals surface area contributed by atoms with Crippen LogP contribution in [0.3, 0.4) is 0 Å². The third kappa shape index (κ3) is 10.1. The quantitative estimate of drug-likeness (QED) is 0.140. The highest BCUT2D eigenvalue weighted by Crippen LogP contribution is 2.24. The van der Waals surface area contributed by atoms with Gasteiger partial charge in [-0.05, 0) is 58.9 Å². The smallest absolute Gasteiger partial charge is 0.413 e. The van der Waals surface area contributed by atoms with Gasteiger partial charge in [-0.3, -0.25) is 20.3 Å². The summed E-state index contributed by atoms with van der Waals surface area (Å²) < 4.78 is 18.2. The Morgan fingerprint density at radius 1 is 0.691 bits per heavy atom. The van der Waals surface area contributed by atoms with Crippen molar-refractivity contribution in [2.75, 3.05) is 18.5 Å². The fraction of sp³-hybridized carbons (Fsp3) is 0.222. The highest BCUT2D eigenvalue weighted by atomic mass is 16.6. The zero-order valence-corrected chi connectivity index (χ0v) is 30.3. The third-order valence-corrected chi connectivity index (χ3v) is 6.85. The van der Waals surface area contributed by atoms with Crippen molar-refractivity contribution < 1.29 is 38.5 Å². The average molecular weight is 750 g/mol. The molecule has 55 heavy (non-hydrogen) atoms. The van der Waals surface area contributed by atoms with Gasteiger partial charge >= 0.3 is 24.0 Å². The zero-order valence-electron chi connectivity index (χ0n) is 30.3. The van der Waals surface area contributed by atoms with Gasteiger partial charge in [0.05, 0.1) is 73.2 Å². The van der Waals surface area contributed by atoms with Crippen molar-refractivity contribution in [3.63, 3.8) is 0 Å². The number of hydrogen-bond acceptors (Lipinski definition) is 15. The summed E-state index contributed by atoms with van der Waals surface area (Å²) in [4.78, 5) is 71.5. The van der Waals surface area contributed by atoms with E-state index in [0.717, 1.165) is 6.20 Å². The van der Waals surface area contributed by atoms with Crippen LogP contribution in [0.1, 0.15) is 66.1 Å². The Kier molecular flexibility index (Phi) is 12.3. The van der Waals surface area contributed by atoms with Crippen molar-refractivity contribution in [1.82, 2.24) is 49.5 Å². The fourth-order valence-corrected chi connectivity index (χ4v) is 4.59. The lowest BCUT2D eigenvalue weighted by atomic mass is 10.2. The number of carboxylic acid groups (broad SMARTS) is 1. The Morgan fingerprint density at radius 3 is 1.58 bits per heavy atom. The Hall–Kier alpha value is -7.44. The van der Waals surface area contributed by atoms with E-state index >= 15 is 0 Å². The average Bonchev–Trinajstić information content (AvgIpc) is 3.82. The van der Waals surface area contributed by atoms with Gasteiger partial charge in [-0.15, -0.1) is 0 Å². The van der Waals surface area contributed by atoms with E-state index in [1.54, 1.807) is 89.7 Å². The van der Waals surface area contributed by atoms with E-state index < -0.39 is 29.6 Å². The summed E-state index contributed by atoms with van der Waals surface area (Å²) in [7, 11) is 0. The van der Waals surface area contributed by atoms with Gasteiger partial charge < -0.3 is 19.3 Å². The second-order valence-electron chi connectivity index (χ2n) is 12.0. The second-order valence-corrected chi connectivity index (χ2v) is 12.0. The van der Waals surface area contributed by atoms with Crippen LogP contribution in [0.5, 0.6) is 0 Å². The number of carbonyl (C=O) groups excluding carboxylic acids is 3. The molecule has 6 heterocycles. The Labute approximate surface area is 313 Å². The van der Waals surface area contributed by atoms with Gasteiger partial charge in [0.15, 0.2) is 22.9 Å². The van der Waals surface area contributed by atoms with Crippen molar-refractivity contribution in [2.45, 2.75) is 40.2 Å². The number of rotatable bonds is 10. The summed E-state index contributed by atoms with van der Waals surface area (Å²) in [5, 5.41) is 20.0. The number of ether oxygens (including phenoxy) is 3. The van der Waals surface area contributed by atoms with Crippen molar-refractivity contribution in [3.8, 4) is 34.2 Å². The number of esters is 2. The topological polar surface area (TPSA) is 241 Å². The Morgan fingerprint density at radius 2 is 1.20 bits per heavy atom. The van der Waals surface area contributed by atoms with Crippen molar-refractivity contribution in [1.29, 1.82) is 0 Å². The molecule has 0 aliphatic carbocycles. The van der Waals surface area contributed by atoms with Gasteiger partial charge in [0.2, 0.25) is 0 Å². The van der Waals surface area contributed by atoms with Gasteiger partial charge in [0.25, 0.3) is 0 Å². The van der Waals surface area contributed by atoms with Gasteiger partial charge in [0, 0.05) is 24.5 Å². The molecule has 6 rings (SSSR count). The summed E-state index contributed by atoms with van der Waals surface area (Å²) in [6.07, 6.45) is 11.1. The molecule has 2 N–H and O–H groups in total. The normalized spacial score (nSPS) is 10.8. The number of anilines is 1. The number of carboxylic acids is 1. The minimum Gasteiger partial charge on any atom is -0.476 e. The van der Waals surface area contributed by atoms with E-state index in [-0.39, 0.29) is 36.1 Å². The predicted octanol–water partition coefficient (Wildman–Crippen LogP) is 4.85. The molecule has 6 aromatic heterocycles. The largest absolute Gasteiger partial charge is 0.476 e. The van der Waals surface area contributed by atoms with E-state index in [9.17, 15) is 19.2 Å². The summed E-state index contributed by atoms with van der Waals surface area (Å²) in [6.45, 7) is 9.18. The van der Waals surface area contributed by atoms with E-state index in [1.165, 1.54) is 34.0 Å². The molecule has 1 amide bonds. The number of aromatic nitrogens is 10. The third-order valence-electron chi connectivity index (χ3n) is 6.85. The molecule has 0 radical (unpaired) electrons. The first-order chi connectivity index (χ1) is 26.4. The zero-order chi connectivity index (χ0) is 39.5. The van der Waals surface area contributed by atoms with Crippen LogP contribution in [0.15, 0.2) is 86.0 Å². The van der Waals surface area contributed by atoms with Crippen molar-refractivity contribution in [2.24, 2.45) is 0 Å². The summed E-state index contributed by atoms with van der Waals surface area (Å²) in [5.41, 5.74) is 2.45. The monoisotopic (exact) mass is 749 g/mol. The van der Waals surface area contributed by atoms with Crippen LogP contribution < -0.4 is 5.32 Å². The Balaban J connectivity index is 0.000000214. The lowest BCUT2D eigenvalue weighted by Crippen LogP contribution is -2.27. The maximum Gasteiger partial charge on any atom is 0.413 e. The van der Waals surface area contributed by atoms with Crippen LogP contribution >= 0.6 is 0 Å². The minimum absolute atomic E-state index is 0.102. The van der Waals surface area contributed by atoms with Crippen LogP contribution in [0.25, 0.3) is 34.2 Å². The first-order valence-corrected chi connectivity index (χ1v) is 16.6. The molecule has 0 saturated heterocycles. The highest BCUT2D eigenvalue weighted by Gasteiger charge is 2.21. The van der Waals surface area contributed by atoms with Gasteiger partial charge in [0.1, 0.15) is 17.0 Å². The number of nitrogens with one attached hydrogen (secondary N) is 1. The van der Waals surface area contributed by atoms with Crippen molar-refractivity contribution in [3.05, 3.63) is 103 Å². The molecule has 282 valence electrons. The molecule has 0 aliphatic heterocycles. The molecule has 0 fully saturated rings. The number of hydrogen-bond donors (Lipinski definition) is 2. The fourth-order valence-electron chi connectivity index (χ4n) is 4.59. The second kappa shape index (κ2) is 17.4. The van der Waals surface area contributed by atoms with Gasteiger partial charge in [-0.1, -0.05) is 0 Å². The lowest BCUT2D eigenvalue weighted by Gasteiger charge is -2.19. The molecule has 0 saturated carbocycles. The van der Waals surface area contributed by atoms with E-state index in [0.29, 0.717) is 34.2 Å². The first kappa shape index (κ1) is 38.8. The maximum atomic E-state index is 12.2. The van der Waals surface area contributed by atoms with E-state index in [4.69, 9.17) is 19.3 Å². The van der Waals surface area contributed by atoms with Crippen LogP contribution in [0, 0.1) is 0 Å². The molecule has 0 aliphatic rings. The number of pyridine rings is 2. The number of aromatic carboxylic acids is 1. The SMILES string of the molecule is CCOC(=O)c1cc(-c2cnc(C(=O)O)cn2)n(-c2cccnc2)n1.CCOC(=O)c1cc(-c2cnc(NC(=O)OC(C)(C)C)cn2)n(-c2cccnc2)n1. The van der Waals surface area contributed by atoms with Crippen LogP contribution in [0.2, 0.25) is 0 Å². The first-order valence-electron chi connectivity index (χ1n) is 16.6. The van der Waals surface area contributed by atoms with E-state index in [1.807, 2.05) is 0 Å². The minimum atomic E-state index is -1.17. The summed E-state index contributed by atoms with van der Waals surface area (Å²) >= 11 is 0. The van der Waals surface area contributed by atoms with E-state index in [2.05, 4.69) is 45.4 Å². The molecule has 0 unspecified atom stereocenters. The summed E-state index contributed by atoms with van der Waals surface area (Å²) in [5.74, 6) is -2.06. The van der Waals surface area contributed by atoms with Crippen molar-refractivity contribution >= 4 is 29.8 Å². The highest BCUT2D eigenvalue weighted by molar-refractivity contribution is 5.90. The van der Waals surface area contributed by atoms with Gasteiger partial charge in [-0.25, -0.2) is 43.5 Å². The van der Waals surface area contributed by atoms with Crippen LogP contribution in [-0.2, 0) is 14.2 Å². The molecule has 0 aromatic carbocycles. The lowest BCUT2D eigenvalue weighted by molar-refractivity contribution is 0.0509. The predicted molar refractivity (Wildman–Crippen MR) is 193 cm³/mol. The van der Waals surface area contributed by atoms with Gasteiger partial charge in [-0.2, -0.15) is 10.2 Å². The molecule has 6 aromatic rings. The molecular weight excluding hydrogens is 714 g/mol. The molecule has 19 heteroatoms. The number of carbonyl (C=O) groups is 4. The molecule has 19 nitrogen and oxygen atoms in total. The van der Waals surface area contributed by atoms with Crippen LogP contribution in [0.4, 0.5) is 10.6 Å². The Bertz CT molecular complexity index is 2250. The number of amides is 1. The molecule has 0 spiro atoms. The summed E-state index contributed by atoms with van der Waals surface area (Å²) in [6, 6.07) is 10.1. The molecule has 0 atom stereocenters. The maximum absolute atomic E-state index is 12.2. The number of nitrogens with zero attached hydrogens (tertiary/aromatic N) is 10. The standard InChI is InChI=1S/C20H22N6O4.C16H13N5O4/c1-5-29-18(27)14-9-16(26(25-14)13-7-6-8-21-10-13)15-11-23-17(12-22-15)24-19(28)30-20(2,3)4;1-2-25-16(24)11-6-14(12-8-19-13(9-18-12)15(22)23)21(20-11)10-4-3-5-17-7-10/h6-12H,5H2,1-4H3,(H,23,24,28);3-9H,2H2,1H3,(H,22,23). The van der Waals surface area contributed by atoms with Crippen LogP contribution in [-0.4, -0.2) is 97.4 Å².